The molecule has 1 aliphatic rings. The van der Waals surface area contributed by atoms with E-state index in [1.807, 2.05) is 37.3 Å². The lowest BCUT2D eigenvalue weighted by atomic mass is 10.00. The standard InChI is InChI=1S/C29H37ClN2O7/c1-6-37-23-17-22(25(30)26(38-7-2)24(23)19(4)33)18(3)32(28(36)31-29(13-14-29)27(34)35)15-16-39-20(5)21-11-9-8-10-12-21/h8-12,17-18,20H,6-7,13-16H2,1-5H3,(H,31,36)(H,34,35). The lowest BCUT2D eigenvalue weighted by Gasteiger charge is -2.32. The molecule has 0 aliphatic heterocycles. The topological polar surface area (TPSA) is 114 Å². The van der Waals surface area contributed by atoms with Crippen molar-refractivity contribution in [3.63, 3.8) is 0 Å². The predicted octanol–water partition coefficient (Wildman–Crippen LogP) is 5.81. The summed E-state index contributed by atoms with van der Waals surface area (Å²) in [5.74, 6) is -0.840. The molecule has 2 N–H and O–H groups in total. The molecule has 0 bridgehead atoms. The van der Waals surface area contributed by atoms with Gasteiger partial charge >= 0.3 is 12.0 Å². The number of benzene rings is 2. The monoisotopic (exact) mass is 560 g/mol. The summed E-state index contributed by atoms with van der Waals surface area (Å²) < 4.78 is 17.6. The largest absolute Gasteiger partial charge is 0.493 e. The third-order valence-electron chi connectivity index (χ3n) is 6.81. The summed E-state index contributed by atoms with van der Waals surface area (Å²) in [5.41, 5.74) is 0.455. The second kappa shape index (κ2) is 13.2. The number of ketones is 1. The highest BCUT2D eigenvalue weighted by atomic mass is 35.5. The molecular weight excluding hydrogens is 524 g/mol. The molecule has 0 aromatic heterocycles. The SMILES string of the molecule is CCOc1cc(C(C)N(CCOC(C)c2ccccc2)C(=O)NC2(C(=O)O)CC2)c(Cl)c(OCC)c1C(C)=O. The molecule has 1 fully saturated rings. The van der Waals surface area contributed by atoms with E-state index in [9.17, 15) is 19.5 Å². The third-order valence-corrected chi connectivity index (χ3v) is 7.20. The molecule has 2 aromatic rings. The molecule has 1 aliphatic carbocycles. The normalized spacial score (nSPS) is 15.1. The van der Waals surface area contributed by atoms with Crippen molar-refractivity contribution in [3.8, 4) is 11.5 Å². The molecule has 3 rings (SSSR count). The molecular formula is C29H37ClN2O7. The number of nitrogens with one attached hydrogen (secondary N) is 1. The number of Topliss-reactive ketones (excluding diaryl/α,β-unsaturated/α-hetero) is 1. The summed E-state index contributed by atoms with van der Waals surface area (Å²) in [6.45, 7) is 9.60. The van der Waals surface area contributed by atoms with Crippen molar-refractivity contribution < 1.29 is 33.7 Å². The van der Waals surface area contributed by atoms with Crippen molar-refractivity contribution in [3.05, 3.63) is 58.1 Å². The molecule has 1 saturated carbocycles. The van der Waals surface area contributed by atoms with Crippen molar-refractivity contribution in [2.45, 2.75) is 65.1 Å². The van der Waals surface area contributed by atoms with E-state index in [1.165, 1.54) is 11.8 Å². The summed E-state index contributed by atoms with van der Waals surface area (Å²) in [6, 6.07) is 10.2. The number of halogens is 1. The maximum absolute atomic E-state index is 13.5. The lowest BCUT2D eigenvalue weighted by molar-refractivity contribution is -0.140. The molecule has 2 aromatic carbocycles. The van der Waals surface area contributed by atoms with Crippen molar-refractivity contribution in [1.82, 2.24) is 10.2 Å². The minimum absolute atomic E-state index is 0.151. The maximum Gasteiger partial charge on any atom is 0.329 e. The van der Waals surface area contributed by atoms with Gasteiger partial charge in [0.15, 0.2) is 11.5 Å². The van der Waals surface area contributed by atoms with Crippen molar-refractivity contribution in [2.75, 3.05) is 26.4 Å². The summed E-state index contributed by atoms with van der Waals surface area (Å²) >= 11 is 6.80. The van der Waals surface area contributed by atoms with E-state index in [2.05, 4.69) is 5.32 Å². The first kappa shape index (κ1) is 30.2. The molecule has 0 heterocycles. The van der Waals surface area contributed by atoms with E-state index in [1.54, 1.807) is 26.8 Å². The molecule has 9 nitrogen and oxygen atoms in total. The Morgan fingerprint density at radius 2 is 1.74 bits per heavy atom. The second-order valence-corrected chi connectivity index (χ2v) is 9.89. The Balaban J connectivity index is 1.95. The van der Waals surface area contributed by atoms with Gasteiger partial charge in [0, 0.05) is 12.1 Å². The number of hydrogen-bond donors (Lipinski definition) is 2. The van der Waals surface area contributed by atoms with Crippen LogP contribution in [0.4, 0.5) is 4.79 Å². The van der Waals surface area contributed by atoms with Gasteiger partial charge in [-0.25, -0.2) is 9.59 Å². The highest BCUT2D eigenvalue weighted by molar-refractivity contribution is 6.33. The van der Waals surface area contributed by atoms with Crippen LogP contribution in [-0.2, 0) is 9.53 Å². The molecule has 0 spiro atoms. The Bertz CT molecular complexity index is 1180. The van der Waals surface area contributed by atoms with Crippen LogP contribution in [0, 0.1) is 0 Å². The van der Waals surface area contributed by atoms with Crippen molar-refractivity contribution in [2.24, 2.45) is 0 Å². The number of rotatable bonds is 14. The minimum atomic E-state index is -1.28. The first-order valence-electron chi connectivity index (χ1n) is 13.2. The molecule has 2 unspecified atom stereocenters. The lowest BCUT2D eigenvalue weighted by Crippen LogP contribution is -2.51. The minimum Gasteiger partial charge on any atom is -0.493 e. The van der Waals surface area contributed by atoms with Crippen LogP contribution >= 0.6 is 11.6 Å². The van der Waals surface area contributed by atoms with Gasteiger partial charge in [0.25, 0.3) is 0 Å². The van der Waals surface area contributed by atoms with E-state index >= 15 is 0 Å². The molecule has 2 amide bonds. The van der Waals surface area contributed by atoms with Crippen LogP contribution in [0.25, 0.3) is 0 Å². The number of nitrogens with zero attached hydrogens (tertiary/aromatic N) is 1. The highest BCUT2D eigenvalue weighted by Gasteiger charge is 2.52. The first-order chi connectivity index (χ1) is 18.6. The molecule has 0 saturated heterocycles. The molecule has 2 atom stereocenters. The summed E-state index contributed by atoms with van der Waals surface area (Å²) in [4.78, 5) is 39.3. The zero-order valence-corrected chi connectivity index (χ0v) is 23.8. The van der Waals surface area contributed by atoms with Gasteiger partial charge in [-0.2, -0.15) is 0 Å². The van der Waals surface area contributed by atoms with Crippen LogP contribution in [0.15, 0.2) is 36.4 Å². The van der Waals surface area contributed by atoms with Gasteiger partial charge in [-0.15, -0.1) is 0 Å². The number of carboxylic acid groups (broad SMARTS) is 1. The maximum atomic E-state index is 13.5. The molecule has 212 valence electrons. The number of aliphatic carboxylic acids is 1. The Hall–Kier alpha value is -3.30. The van der Waals surface area contributed by atoms with Gasteiger partial charge < -0.3 is 29.5 Å². The Morgan fingerprint density at radius 3 is 2.28 bits per heavy atom. The number of urea groups is 1. The average molecular weight is 561 g/mol. The van der Waals surface area contributed by atoms with E-state index in [4.69, 9.17) is 25.8 Å². The fourth-order valence-electron chi connectivity index (χ4n) is 4.40. The van der Waals surface area contributed by atoms with Crippen LogP contribution < -0.4 is 14.8 Å². The highest BCUT2D eigenvalue weighted by Crippen LogP contribution is 2.43. The van der Waals surface area contributed by atoms with Gasteiger partial charge in [0.1, 0.15) is 16.9 Å². The third kappa shape index (κ3) is 7.02. The number of carbonyl (C=O) groups is 3. The Morgan fingerprint density at radius 1 is 1.10 bits per heavy atom. The number of ether oxygens (including phenoxy) is 3. The van der Waals surface area contributed by atoms with Gasteiger partial charge in [-0.1, -0.05) is 41.9 Å². The van der Waals surface area contributed by atoms with Gasteiger partial charge in [-0.3, -0.25) is 4.79 Å². The number of carbonyl (C=O) groups excluding carboxylic acids is 2. The fourth-order valence-corrected chi connectivity index (χ4v) is 4.76. The number of carboxylic acids is 1. The summed E-state index contributed by atoms with van der Waals surface area (Å²) in [5, 5.41) is 12.5. The smallest absolute Gasteiger partial charge is 0.329 e. The summed E-state index contributed by atoms with van der Waals surface area (Å²) in [6.07, 6.45) is 0.497. The average Bonchev–Trinajstić information content (AvgIpc) is 3.69. The Kier molecular flexibility index (Phi) is 10.2. The van der Waals surface area contributed by atoms with E-state index in [0.29, 0.717) is 30.8 Å². The van der Waals surface area contributed by atoms with Crippen LogP contribution in [0.2, 0.25) is 5.02 Å². The molecule has 0 radical (unpaired) electrons. The van der Waals surface area contributed by atoms with Gasteiger partial charge in [-0.05, 0) is 59.1 Å². The van der Waals surface area contributed by atoms with Gasteiger partial charge in [0.05, 0.1) is 37.0 Å². The quantitative estimate of drug-likeness (QED) is 0.280. The first-order valence-corrected chi connectivity index (χ1v) is 13.6. The van der Waals surface area contributed by atoms with Crippen LogP contribution in [-0.4, -0.2) is 59.7 Å². The summed E-state index contributed by atoms with van der Waals surface area (Å²) in [7, 11) is 0. The zero-order chi connectivity index (χ0) is 28.7. The van der Waals surface area contributed by atoms with E-state index < -0.39 is 23.6 Å². The molecule has 10 heteroatoms. The fraction of sp³-hybridized carbons (Fsp3) is 0.483. The van der Waals surface area contributed by atoms with Crippen LogP contribution in [0.1, 0.15) is 81.1 Å². The van der Waals surface area contributed by atoms with Crippen molar-refractivity contribution in [1.29, 1.82) is 0 Å². The van der Waals surface area contributed by atoms with E-state index in [-0.39, 0.29) is 48.0 Å². The predicted molar refractivity (Wildman–Crippen MR) is 148 cm³/mol. The Labute approximate surface area is 234 Å². The van der Waals surface area contributed by atoms with E-state index in [0.717, 1.165) is 5.56 Å². The second-order valence-electron chi connectivity index (χ2n) is 9.51. The van der Waals surface area contributed by atoms with Crippen LogP contribution in [0.5, 0.6) is 11.5 Å². The number of amides is 2. The van der Waals surface area contributed by atoms with Gasteiger partial charge in [0.2, 0.25) is 0 Å². The van der Waals surface area contributed by atoms with Crippen molar-refractivity contribution >= 4 is 29.4 Å². The van der Waals surface area contributed by atoms with Crippen LogP contribution in [0.3, 0.4) is 0 Å². The number of hydrogen-bond acceptors (Lipinski definition) is 6. The molecule has 39 heavy (non-hydrogen) atoms. The zero-order valence-electron chi connectivity index (χ0n) is 23.1.